The molecule has 5 nitrogen and oxygen atoms in total. The van der Waals surface area contributed by atoms with Crippen molar-refractivity contribution in [2.24, 2.45) is 0 Å². The Hall–Kier alpha value is -8.41. The van der Waals surface area contributed by atoms with Crippen molar-refractivity contribution in [1.29, 1.82) is 0 Å². The highest BCUT2D eigenvalue weighted by Gasteiger charge is 2.21. The van der Waals surface area contributed by atoms with Crippen LogP contribution in [0.2, 0.25) is 0 Å². The molecule has 0 bridgehead atoms. The maximum atomic E-state index is 6.68. The standard InChI is InChI=1S/C57H36N4O/c1-4-16-37(17-5-1)39-20-14-22-42(32-39)55-58-56(43-23-15-21-40(33-43)38-18-6-2-7-19-38)60-57(59-55)44-35-48(54-47-27-11-13-29-52(47)62-53(54)36-44)41-30-31-51-49(34-41)46-26-10-12-28-50(46)61(51)45-24-8-3-9-25-45/h1-36H. The van der Waals surface area contributed by atoms with Crippen molar-refractivity contribution in [1.82, 2.24) is 19.5 Å². The highest BCUT2D eigenvalue weighted by Crippen LogP contribution is 2.42. The third-order valence-corrected chi connectivity index (χ3v) is 11.8. The number of furan rings is 1. The molecule has 0 N–H and O–H groups in total. The first-order valence-electron chi connectivity index (χ1n) is 20.8. The summed E-state index contributed by atoms with van der Waals surface area (Å²) in [7, 11) is 0. The van der Waals surface area contributed by atoms with Crippen molar-refractivity contribution < 1.29 is 4.42 Å². The van der Waals surface area contributed by atoms with Crippen LogP contribution in [0, 0.1) is 0 Å². The first-order valence-corrected chi connectivity index (χ1v) is 20.8. The largest absolute Gasteiger partial charge is 0.456 e. The van der Waals surface area contributed by atoms with E-state index in [9.17, 15) is 0 Å². The van der Waals surface area contributed by atoms with Gasteiger partial charge in [0.2, 0.25) is 0 Å². The Morgan fingerprint density at radius 3 is 1.48 bits per heavy atom. The van der Waals surface area contributed by atoms with Crippen LogP contribution in [0.25, 0.3) is 117 Å². The van der Waals surface area contributed by atoms with Crippen molar-refractivity contribution in [2.75, 3.05) is 0 Å². The van der Waals surface area contributed by atoms with Crippen LogP contribution in [0.1, 0.15) is 0 Å². The van der Waals surface area contributed by atoms with Crippen LogP contribution in [-0.2, 0) is 0 Å². The van der Waals surface area contributed by atoms with E-state index < -0.39 is 0 Å². The van der Waals surface area contributed by atoms with Crippen LogP contribution in [0.3, 0.4) is 0 Å². The minimum atomic E-state index is 0.561. The fraction of sp³-hybridized carbons (Fsp3) is 0. The summed E-state index contributed by atoms with van der Waals surface area (Å²) in [4.78, 5) is 15.7. The van der Waals surface area contributed by atoms with Crippen molar-refractivity contribution >= 4 is 43.7 Å². The highest BCUT2D eigenvalue weighted by atomic mass is 16.3. The average Bonchev–Trinajstić information content (AvgIpc) is 3.90. The van der Waals surface area contributed by atoms with Crippen LogP contribution < -0.4 is 0 Å². The summed E-state index contributed by atoms with van der Waals surface area (Å²) in [6, 6.07) is 76.3. The molecule has 3 aromatic heterocycles. The van der Waals surface area contributed by atoms with Crippen LogP contribution in [0.4, 0.5) is 0 Å². The molecule has 290 valence electrons. The molecule has 5 heteroatoms. The molecule has 12 aromatic rings. The number of para-hydroxylation sites is 3. The van der Waals surface area contributed by atoms with Gasteiger partial charge in [-0.05, 0) is 94.0 Å². The molecule has 0 saturated carbocycles. The molecule has 0 atom stereocenters. The molecule has 0 unspecified atom stereocenters. The van der Waals surface area contributed by atoms with E-state index in [4.69, 9.17) is 19.4 Å². The molecular weight excluding hydrogens is 757 g/mol. The zero-order chi connectivity index (χ0) is 41.0. The molecule has 62 heavy (non-hydrogen) atoms. The minimum absolute atomic E-state index is 0.561. The van der Waals surface area contributed by atoms with Gasteiger partial charge in [0.1, 0.15) is 11.2 Å². The second kappa shape index (κ2) is 14.7. The first kappa shape index (κ1) is 35.5. The Labute approximate surface area is 357 Å². The number of hydrogen-bond acceptors (Lipinski definition) is 4. The molecule has 0 aliphatic carbocycles. The summed E-state index contributed by atoms with van der Waals surface area (Å²) in [5.74, 6) is 1.74. The summed E-state index contributed by atoms with van der Waals surface area (Å²) in [6.45, 7) is 0. The Balaban J connectivity index is 1.09. The second-order valence-electron chi connectivity index (χ2n) is 15.6. The van der Waals surface area contributed by atoms with Crippen molar-refractivity contribution in [3.8, 4) is 73.2 Å². The molecule has 9 aromatic carbocycles. The number of nitrogens with zero attached hydrogens (tertiary/aromatic N) is 4. The van der Waals surface area contributed by atoms with E-state index in [1.165, 1.54) is 10.8 Å². The first-order chi connectivity index (χ1) is 30.7. The lowest BCUT2D eigenvalue weighted by atomic mass is 9.95. The Morgan fingerprint density at radius 2 is 0.823 bits per heavy atom. The predicted molar refractivity (Wildman–Crippen MR) is 254 cm³/mol. The molecule has 0 spiro atoms. The Bertz CT molecular complexity index is 3530. The van der Waals surface area contributed by atoms with Gasteiger partial charge in [-0.3, -0.25) is 0 Å². The molecule has 0 aliphatic heterocycles. The molecule has 0 fully saturated rings. The summed E-state index contributed by atoms with van der Waals surface area (Å²) in [6.07, 6.45) is 0. The fourth-order valence-electron chi connectivity index (χ4n) is 8.91. The van der Waals surface area contributed by atoms with Gasteiger partial charge in [-0.1, -0.05) is 158 Å². The minimum Gasteiger partial charge on any atom is -0.456 e. The summed E-state index contributed by atoms with van der Waals surface area (Å²) in [5.41, 5.74) is 14.2. The summed E-state index contributed by atoms with van der Waals surface area (Å²) in [5, 5.41) is 4.48. The molecule has 0 saturated heterocycles. The van der Waals surface area contributed by atoms with E-state index in [0.29, 0.717) is 17.5 Å². The monoisotopic (exact) mass is 792 g/mol. The van der Waals surface area contributed by atoms with Gasteiger partial charge in [-0.2, -0.15) is 0 Å². The fourth-order valence-corrected chi connectivity index (χ4v) is 8.91. The van der Waals surface area contributed by atoms with Gasteiger partial charge < -0.3 is 8.98 Å². The topological polar surface area (TPSA) is 56.7 Å². The van der Waals surface area contributed by atoms with Gasteiger partial charge >= 0.3 is 0 Å². The number of aromatic nitrogens is 4. The number of fused-ring (bicyclic) bond motifs is 6. The third kappa shape index (κ3) is 6.14. The van der Waals surface area contributed by atoms with E-state index in [0.717, 1.165) is 88.7 Å². The third-order valence-electron chi connectivity index (χ3n) is 11.8. The molecule has 12 rings (SSSR count). The Morgan fingerprint density at radius 1 is 0.306 bits per heavy atom. The van der Waals surface area contributed by atoms with Gasteiger partial charge in [0.05, 0.1) is 11.0 Å². The molecule has 0 aliphatic rings. The second-order valence-corrected chi connectivity index (χ2v) is 15.6. The van der Waals surface area contributed by atoms with Crippen LogP contribution in [-0.4, -0.2) is 19.5 Å². The van der Waals surface area contributed by atoms with Crippen molar-refractivity contribution in [3.05, 3.63) is 218 Å². The average molecular weight is 793 g/mol. The Kier molecular flexibility index (Phi) is 8.42. The summed E-state index contributed by atoms with van der Waals surface area (Å²) < 4.78 is 9.03. The zero-order valence-electron chi connectivity index (χ0n) is 33.5. The molecule has 3 heterocycles. The van der Waals surface area contributed by atoms with Gasteiger partial charge in [0, 0.05) is 43.9 Å². The van der Waals surface area contributed by atoms with Crippen LogP contribution >= 0.6 is 0 Å². The van der Waals surface area contributed by atoms with Crippen molar-refractivity contribution in [3.63, 3.8) is 0 Å². The van der Waals surface area contributed by atoms with Crippen LogP contribution in [0.5, 0.6) is 0 Å². The van der Waals surface area contributed by atoms with Gasteiger partial charge in [0.25, 0.3) is 0 Å². The number of hydrogen-bond donors (Lipinski definition) is 0. The van der Waals surface area contributed by atoms with E-state index >= 15 is 0 Å². The highest BCUT2D eigenvalue weighted by molar-refractivity contribution is 6.16. The van der Waals surface area contributed by atoms with E-state index in [-0.39, 0.29) is 0 Å². The lowest BCUT2D eigenvalue weighted by molar-refractivity contribution is 0.669. The number of rotatable bonds is 7. The smallest absolute Gasteiger partial charge is 0.164 e. The quantitative estimate of drug-likeness (QED) is 0.161. The number of benzene rings is 9. The maximum Gasteiger partial charge on any atom is 0.164 e. The predicted octanol–water partition coefficient (Wildman–Crippen LogP) is 14.9. The van der Waals surface area contributed by atoms with Gasteiger partial charge in [0.15, 0.2) is 17.5 Å². The summed E-state index contributed by atoms with van der Waals surface area (Å²) >= 11 is 0. The SMILES string of the molecule is c1ccc(-c2cccc(-c3nc(-c4cccc(-c5ccccc5)c4)nc(-c4cc(-c5ccc6c(c5)c5ccccc5n6-c5ccccc5)c5c(c4)oc4ccccc45)n3)c2)cc1. The lowest BCUT2D eigenvalue weighted by Crippen LogP contribution is -2.01. The normalized spacial score (nSPS) is 11.5. The van der Waals surface area contributed by atoms with E-state index in [2.05, 4.69) is 199 Å². The van der Waals surface area contributed by atoms with E-state index in [1.54, 1.807) is 0 Å². The molecule has 0 radical (unpaired) electrons. The molecule has 0 amide bonds. The van der Waals surface area contributed by atoms with E-state index in [1.807, 2.05) is 24.3 Å². The van der Waals surface area contributed by atoms with Gasteiger partial charge in [-0.25, -0.2) is 15.0 Å². The lowest BCUT2D eigenvalue weighted by Gasteiger charge is -2.12. The van der Waals surface area contributed by atoms with Crippen LogP contribution in [0.15, 0.2) is 223 Å². The zero-order valence-corrected chi connectivity index (χ0v) is 33.5. The van der Waals surface area contributed by atoms with Crippen molar-refractivity contribution in [2.45, 2.75) is 0 Å². The molecular formula is C57H36N4O. The van der Waals surface area contributed by atoms with Gasteiger partial charge in [-0.15, -0.1) is 0 Å². The maximum absolute atomic E-state index is 6.68.